The summed E-state index contributed by atoms with van der Waals surface area (Å²) in [6.45, 7) is 0.112. The Morgan fingerprint density at radius 2 is 2.42 bits per heavy atom. The average molecular weight is 207 g/mol. The second kappa shape index (κ2) is 3.83. The van der Waals surface area contributed by atoms with Crippen molar-refractivity contribution in [3.8, 4) is 0 Å². The number of thiazole rings is 1. The maximum Gasteiger partial charge on any atom is 0.235 e. The summed E-state index contributed by atoms with van der Waals surface area (Å²) >= 11 is 1.23. The predicted molar refractivity (Wildman–Crippen MR) is 48.6 cm³/mol. The summed E-state index contributed by atoms with van der Waals surface area (Å²) in [6, 6.07) is 0. The first-order valence-corrected chi connectivity index (χ1v) is 5.77. The minimum absolute atomic E-state index is 0.0768. The minimum atomic E-state index is -3.28. The molecular weight excluding hydrogens is 198 g/mol. The highest BCUT2D eigenvalue weighted by atomic mass is 32.2. The Kier molecular flexibility index (Phi) is 3.01. The Balaban J connectivity index is 2.63. The Bertz CT molecular complexity index is 318. The van der Waals surface area contributed by atoms with Crippen LogP contribution in [0.2, 0.25) is 0 Å². The highest BCUT2D eigenvalue weighted by molar-refractivity contribution is 7.92. The summed E-state index contributed by atoms with van der Waals surface area (Å²) in [5.74, 6) is -0.0768. The zero-order chi connectivity index (χ0) is 9.03. The molecule has 0 unspecified atom stereocenters. The monoisotopic (exact) mass is 207 g/mol. The van der Waals surface area contributed by atoms with Crippen LogP contribution < -0.4 is 10.5 Å². The van der Waals surface area contributed by atoms with Crippen LogP contribution in [0.4, 0.5) is 5.13 Å². The van der Waals surface area contributed by atoms with Crippen LogP contribution >= 0.6 is 11.3 Å². The van der Waals surface area contributed by atoms with Gasteiger partial charge in [0, 0.05) is 18.1 Å². The maximum atomic E-state index is 11.1. The first-order chi connectivity index (χ1) is 5.64. The number of hydrogen-bond donors (Lipinski definition) is 2. The number of nitrogens with one attached hydrogen (secondary N) is 1. The van der Waals surface area contributed by atoms with E-state index in [0.29, 0.717) is 5.13 Å². The lowest BCUT2D eigenvalue weighted by Gasteiger charge is -2.01. The van der Waals surface area contributed by atoms with Crippen molar-refractivity contribution in [3.05, 3.63) is 11.6 Å². The van der Waals surface area contributed by atoms with Crippen molar-refractivity contribution in [3.63, 3.8) is 0 Å². The third-order valence-electron chi connectivity index (χ3n) is 1.06. The fraction of sp³-hybridized carbons (Fsp3) is 0.400. The fourth-order valence-electron chi connectivity index (χ4n) is 0.613. The first kappa shape index (κ1) is 9.43. The van der Waals surface area contributed by atoms with E-state index in [-0.39, 0.29) is 12.3 Å². The molecule has 1 rings (SSSR count). The highest BCUT2D eigenvalue weighted by Crippen LogP contribution is 2.11. The van der Waals surface area contributed by atoms with Crippen LogP contribution in [0.25, 0.3) is 0 Å². The van der Waals surface area contributed by atoms with Gasteiger partial charge in [-0.25, -0.2) is 13.4 Å². The molecule has 7 heteroatoms. The molecule has 12 heavy (non-hydrogen) atoms. The summed E-state index contributed by atoms with van der Waals surface area (Å²) in [5.41, 5.74) is 5.11. The number of anilines is 1. The molecule has 0 saturated heterocycles. The Morgan fingerprint density at radius 3 is 2.92 bits per heavy atom. The van der Waals surface area contributed by atoms with Crippen molar-refractivity contribution in [2.75, 3.05) is 17.0 Å². The summed E-state index contributed by atoms with van der Waals surface area (Å²) in [7, 11) is -3.28. The average Bonchev–Trinajstić information content (AvgIpc) is 2.38. The molecule has 0 aromatic carbocycles. The Labute approximate surface area is 74.7 Å². The van der Waals surface area contributed by atoms with Crippen molar-refractivity contribution < 1.29 is 8.42 Å². The van der Waals surface area contributed by atoms with Crippen molar-refractivity contribution in [2.24, 2.45) is 5.73 Å². The molecule has 0 aliphatic rings. The summed E-state index contributed by atoms with van der Waals surface area (Å²) in [6.07, 6.45) is 1.53. The van der Waals surface area contributed by atoms with Crippen LogP contribution in [0.5, 0.6) is 0 Å². The molecule has 0 saturated carbocycles. The Hall–Kier alpha value is -0.660. The lowest BCUT2D eigenvalue weighted by Crippen LogP contribution is -2.22. The van der Waals surface area contributed by atoms with Gasteiger partial charge in [0.1, 0.15) is 0 Å². The lowest BCUT2D eigenvalue weighted by molar-refractivity contribution is 0.601. The van der Waals surface area contributed by atoms with Crippen LogP contribution in [0.3, 0.4) is 0 Å². The molecule has 0 atom stereocenters. The molecule has 5 nitrogen and oxygen atoms in total. The fourth-order valence-corrected chi connectivity index (χ4v) is 2.29. The van der Waals surface area contributed by atoms with E-state index in [1.165, 1.54) is 17.5 Å². The van der Waals surface area contributed by atoms with Gasteiger partial charge in [-0.2, -0.15) is 0 Å². The number of aromatic nitrogens is 1. The highest BCUT2D eigenvalue weighted by Gasteiger charge is 2.09. The molecule has 0 aliphatic heterocycles. The van der Waals surface area contributed by atoms with Crippen LogP contribution in [0, 0.1) is 0 Å². The van der Waals surface area contributed by atoms with Crippen molar-refractivity contribution in [2.45, 2.75) is 0 Å². The number of nitrogens with zero attached hydrogens (tertiary/aromatic N) is 1. The molecule has 1 aromatic rings. The van der Waals surface area contributed by atoms with E-state index in [0.717, 1.165) is 0 Å². The van der Waals surface area contributed by atoms with E-state index in [4.69, 9.17) is 5.73 Å². The molecule has 0 radical (unpaired) electrons. The van der Waals surface area contributed by atoms with Crippen molar-refractivity contribution in [1.29, 1.82) is 0 Å². The van der Waals surface area contributed by atoms with E-state index >= 15 is 0 Å². The SMILES string of the molecule is NCCS(=O)(=O)Nc1nccs1. The Morgan fingerprint density at radius 1 is 1.67 bits per heavy atom. The predicted octanol–water partition coefficient (Wildman–Crippen LogP) is -0.156. The molecule has 1 aromatic heterocycles. The second-order valence-corrected chi connectivity index (χ2v) is 4.78. The van der Waals surface area contributed by atoms with Crippen LogP contribution in [-0.4, -0.2) is 25.7 Å². The molecular formula is C5H9N3O2S2. The lowest BCUT2D eigenvalue weighted by atomic mass is 10.8. The van der Waals surface area contributed by atoms with Gasteiger partial charge in [0.25, 0.3) is 0 Å². The smallest absolute Gasteiger partial charge is 0.235 e. The molecule has 0 spiro atoms. The third-order valence-corrected chi connectivity index (χ3v) is 3.16. The molecule has 0 aliphatic carbocycles. The van der Waals surface area contributed by atoms with Gasteiger partial charge >= 0.3 is 0 Å². The van der Waals surface area contributed by atoms with Gasteiger partial charge in [0.15, 0.2) is 5.13 Å². The van der Waals surface area contributed by atoms with E-state index in [1.807, 2.05) is 0 Å². The molecule has 0 bridgehead atoms. The summed E-state index contributed by atoms with van der Waals surface area (Å²) in [4.78, 5) is 3.77. The van der Waals surface area contributed by atoms with Crippen LogP contribution in [-0.2, 0) is 10.0 Å². The summed E-state index contributed by atoms with van der Waals surface area (Å²) in [5, 5.41) is 2.07. The van der Waals surface area contributed by atoms with Crippen molar-refractivity contribution >= 4 is 26.5 Å². The minimum Gasteiger partial charge on any atom is -0.329 e. The molecule has 1 heterocycles. The first-order valence-electron chi connectivity index (χ1n) is 3.24. The zero-order valence-corrected chi connectivity index (χ0v) is 7.86. The molecule has 68 valence electrons. The van der Waals surface area contributed by atoms with E-state index in [2.05, 4.69) is 9.71 Å². The maximum absolute atomic E-state index is 11.1. The normalized spacial score (nSPS) is 11.4. The number of sulfonamides is 1. The topological polar surface area (TPSA) is 85.1 Å². The second-order valence-electron chi connectivity index (χ2n) is 2.05. The number of hydrogen-bond acceptors (Lipinski definition) is 5. The molecule has 0 amide bonds. The van der Waals surface area contributed by atoms with Crippen LogP contribution in [0.15, 0.2) is 11.6 Å². The van der Waals surface area contributed by atoms with Crippen molar-refractivity contribution in [1.82, 2.24) is 4.98 Å². The zero-order valence-electron chi connectivity index (χ0n) is 6.23. The molecule has 0 fully saturated rings. The van der Waals surface area contributed by atoms with Gasteiger partial charge in [-0.05, 0) is 0 Å². The van der Waals surface area contributed by atoms with Gasteiger partial charge in [-0.1, -0.05) is 0 Å². The quantitative estimate of drug-likeness (QED) is 0.718. The number of nitrogens with two attached hydrogens (primary N) is 1. The largest absolute Gasteiger partial charge is 0.329 e. The van der Waals surface area contributed by atoms with Gasteiger partial charge < -0.3 is 5.73 Å². The van der Waals surface area contributed by atoms with E-state index < -0.39 is 10.0 Å². The van der Waals surface area contributed by atoms with Gasteiger partial charge in [0.05, 0.1) is 5.75 Å². The van der Waals surface area contributed by atoms with Crippen LogP contribution in [0.1, 0.15) is 0 Å². The third kappa shape index (κ3) is 2.76. The summed E-state index contributed by atoms with van der Waals surface area (Å²) < 4.78 is 24.4. The molecule has 3 N–H and O–H groups in total. The standard InChI is InChI=1S/C5H9N3O2S2/c6-1-4-12(9,10)8-5-7-2-3-11-5/h2-3H,1,4,6H2,(H,7,8). The van der Waals surface area contributed by atoms with Gasteiger partial charge in [-0.15, -0.1) is 11.3 Å². The van der Waals surface area contributed by atoms with Gasteiger partial charge in [-0.3, -0.25) is 4.72 Å². The van der Waals surface area contributed by atoms with E-state index in [9.17, 15) is 8.42 Å². The van der Waals surface area contributed by atoms with E-state index in [1.54, 1.807) is 5.38 Å². The van der Waals surface area contributed by atoms with Gasteiger partial charge in [0.2, 0.25) is 10.0 Å². The number of rotatable bonds is 4.